The van der Waals surface area contributed by atoms with E-state index in [1.807, 2.05) is 48.5 Å². The lowest BCUT2D eigenvalue weighted by Crippen LogP contribution is -2.35. The zero-order valence-corrected chi connectivity index (χ0v) is 16.3. The second-order valence-corrected chi connectivity index (χ2v) is 7.65. The van der Waals surface area contributed by atoms with Gasteiger partial charge in [-0.05, 0) is 23.5 Å². The number of hydrogen-bond acceptors (Lipinski definition) is 4. The van der Waals surface area contributed by atoms with Crippen molar-refractivity contribution in [2.75, 3.05) is 6.54 Å². The van der Waals surface area contributed by atoms with Gasteiger partial charge in [-0.1, -0.05) is 67.6 Å². The summed E-state index contributed by atoms with van der Waals surface area (Å²) in [5.41, 5.74) is 4.12. The normalized spacial score (nSPS) is 11.7. The lowest BCUT2D eigenvalue weighted by Gasteiger charge is -2.25. The van der Waals surface area contributed by atoms with E-state index in [1.54, 1.807) is 16.6 Å². The number of ether oxygens (including phenoxy) is 1. The summed E-state index contributed by atoms with van der Waals surface area (Å²) in [6.07, 6.45) is 2.37. The summed E-state index contributed by atoms with van der Waals surface area (Å²) >= 11 is 1.49. The van der Waals surface area contributed by atoms with E-state index < -0.39 is 0 Å². The van der Waals surface area contributed by atoms with Gasteiger partial charge in [0.15, 0.2) is 0 Å². The largest absolute Gasteiger partial charge is 0.444 e. The van der Waals surface area contributed by atoms with Gasteiger partial charge in [-0.2, -0.15) is 0 Å². The van der Waals surface area contributed by atoms with E-state index in [0.29, 0.717) is 19.0 Å². The average Bonchev–Trinajstić information content (AvgIpc) is 3.21. The fraction of sp³-hybridized carbons (Fsp3) is 0.273. The van der Waals surface area contributed by atoms with Crippen molar-refractivity contribution >= 4 is 17.4 Å². The Labute approximate surface area is 164 Å². The summed E-state index contributed by atoms with van der Waals surface area (Å²) in [6.45, 7) is 3.62. The predicted octanol–water partition coefficient (Wildman–Crippen LogP) is 5.16. The Morgan fingerprint density at radius 3 is 2.37 bits per heavy atom. The number of nitrogens with zero attached hydrogens (tertiary/aromatic N) is 2. The Morgan fingerprint density at radius 2 is 1.74 bits per heavy atom. The molecule has 0 aliphatic carbocycles. The van der Waals surface area contributed by atoms with Crippen LogP contribution in [0, 0.1) is 5.92 Å². The van der Waals surface area contributed by atoms with Crippen molar-refractivity contribution in [3.05, 3.63) is 88.4 Å². The van der Waals surface area contributed by atoms with Crippen LogP contribution in [0.25, 0.3) is 0 Å². The van der Waals surface area contributed by atoms with Gasteiger partial charge in [0.2, 0.25) is 0 Å². The van der Waals surface area contributed by atoms with Crippen LogP contribution in [0.15, 0.2) is 72.4 Å². The summed E-state index contributed by atoms with van der Waals surface area (Å²) in [4.78, 5) is 19.5. The molecule has 0 bridgehead atoms. The van der Waals surface area contributed by atoms with E-state index in [2.05, 4.69) is 24.0 Å². The van der Waals surface area contributed by atoms with Gasteiger partial charge < -0.3 is 9.64 Å². The van der Waals surface area contributed by atoms with Gasteiger partial charge in [-0.15, -0.1) is 11.3 Å². The lowest BCUT2D eigenvalue weighted by atomic mass is 10.0. The Balaban J connectivity index is 1.63. The molecule has 0 radical (unpaired) electrons. The number of thiazole rings is 1. The SMILES string of the molecule is CC(Cc1ccccc1)CN(Cc1ccccc1)C(=O)OCc1cncs1. The number of amides is 1. The molecule has 0 saturated carbocycles. The average molecular weight is 381 g/mol. The molecule has 5 heteroatoms. The molecular formula is C22H24N2O2S. The van der Waals surface area contributed by atoms with E-state index in [4.69, 9.17) is 4.74 Å². The van der Waals surface area contributed by atoms with Gasteiger partial charge in [0.25, 0.3) is 0 Å². The second kappa shape index (κ2) is 9.88. The first-order chi connectivity index (χ1) is 13.2. The van der Waals surface area contributed by atoms with Gasteiger partial charge in [-0.3, -0.25) is 4.98 Å². The van der Waals surface area contributed by atoms with Crippen LogP contribution in [-0.4, -0.2) is 22.5 Å². The molecule has 0 aliphatic rings. The Kier molecular flexibility index (Phi) is 6.99. The zero-order chi connectivity index (χ0) is 18.9. The van der Waals surface area contributed by atoms with Crippen LogP contribution in [0.4, 0.5) is 4.79 Å². The number of carbonyl (C=O) groups is 1. The Bertz CT molecular complexity index is 807. The summed E-state index contributed by atoms with van der Waals surface area (Å²) in [6, 6.07) is 20.4. The van der Waals surface area contributed by atoms with Crippen LogP contribution >= 0.6 is 11.3 Å². The minimum absolute atomic E-state index is 0.266. The van der Waals surface area contributed by atoms with Crippen molar-refractivity contribution in [2.24, 2.45) is 5.92 Å². The third-order valence-corrected chi connectivity index (χ3v) is 5.01. The first-order valence-corrected chi connectivity index (χ1v) is 9.95. The topological polar surface area (TPSA) is 42.4 Å². The molecule has 0 aliphatic heterocycles. The van der Waals surface area contributed by atoms with Gasteiger partial charge >= 0.3 is 6.09 Å². The highest BCUT2D eigenvalue weighted by atomic mass is 32.1. The second-order valence-electron chi connectivity index (χ2n) is 6.68. The maximum atomic E-state index is 12.7. The molecule has 1 atom stereocenters. The fourth-order valence-corrected chi connectivity index (χ4v) is 3.51. The van der Waals surface area contributed by atoms with Crippen LogP contribution < -0.4 is 0 Å². The Morgan fingerprint density at radius 1 is 1.07 bits per heavy atom. The molecule has 4 nitrogen and oxygen atoms in total. The first kappa shape index (κ1) is 19.1. The van der Waals surface area contributed by atoms with Crippen molar-refractivity contribution in [3.8, 4) is 0 Å². The van der Waals surface area contributed by atoms with Crippen molar-refractivity contribution in [1.29, 1.82) is 0 Å². The number of aromatic nitrogens is 1. The minimum Gasteiger partial charge on any atom is -0.444 e. The smallest absolute Gasteiger partial charge is 0.410 e. The standard InChI is InChI=1S/C22H24N2O2S/c1-18(12-19-8-4-2-5-9-19)14-24(15-20-10-6-3-7-11-20)22(25)26-16-21-13-23-17-27-21/h2-11,13,17-18H,12,14-16H2,1H3. The molecule has 0 spiro atoms. The van der Waals surface area contributed by atoms with Crippen molar-refractivity contribution in [1.82, 2.24) is 9.88 Å². The van der Waals surface area contributed by atoms with Crippen LogP contribution in [0.1, 0.15) is 22.9 Å². The minimum atomic E-state index is -0.285. The highest BCUT2D eigenvalue weighted by molar-refractivity contribution is 7.09. The Hall–Kier alpha value is -2.66. The van der Waals surface area contributed by atoms with Crippen LogP contribution in [0.5, 0.6) is 0 Å². The molecule has 3 rings (SSSR count). The first-order valence-electron chi connectivity index (χ1n) is 9.07. The van der Waals surface area contributed by atoms with Crippen LogP contribution in [0.3, 0.4) is 0 Å². The number of benzene rings is 2. The number of carbonyl (C=O) groups excluding carboxylic acids is 1. The van der Waals surface area contributed by atoms with Crippen LogP contribution in [-0.2, 0) is 24.3 Å². The lowest BCUT2D eigenvalue weighted by molar-refractivity contribution is 0.0891. The van der Waals surface area contributed by atoms with Gasteiger partial charge in [0, 0.05) is 19.3 Å². The highest BCUT2D eigenvalue weighted by Gasteiger charge is 2.19. The van der Waals surface area contributed by atoms with Gasteiger partial charge in [0.1, 0.15) is 6.61 Å². The third kappa shape index (κ3) is 6.22. The van der Waals surface area contributed by atoms with E-state index in [-0.39, 0.29) is 12.7 Å². The number of rotatable bonds is 8. The molecule has 1 heterocycles. The molecule has 0 saturated heterocycles. The maximum Gasteiger partial charge on any atom is 0.410 e. The van der Waals surface area contributed by atoms with Crippen LogP contribution in [0.2, 0.25) is 0 Å². The van der Waals surface area contributed by atoms with E-state index >= 15 is 0 Å². The molecule has 0 fully saturated rings. The molecule has 1 unspecified atom stereocenters. The molecular weight excluding hydrogens is 356 g/mol. The summed E-state index contributed by atoms with van der Waals surface area (Å²) < 4.78 is 5.53. The molecule has 3 aromatic rings. The van der Waals surface area contributed by atoms with Crippen molar-refractivity contribution < 1.29 is 9.53 Å². The monoisotopic (exact) mass is 380 g/mol. The molecule has 27 heavy (non-hydrogen) atoms. The maximum absolute atomic E-state index is 12.7. The summed E-state index contributed by atoms with van der Waals surface area (Å²) in [7, 11) is 0. The van der Waals surface area contributed by atoms with E-state index in [0.717, 1.165) is 16.9 Å². The van der Waals surface area contributed by atoms with Crippen molar-refractivity contribution in [3.63, 3.8) is 0 Å². The third-order valence-electron chi connectivity index (χ3n) is 4.25. The highest BCUT2D eigenvalue weighted by Crippen LogP contribution is 2.15. The molecule has 1 amide bonds. The zero-order valence-electron chi connectivity index (χ0n) is 15.5. The van der Waals surface area contributed by atoms with Gasteiger partial charge in [0.05, 0.1) is 10.4 Å². The molecule has 1 aromatic heterocycles. The van der Waals surface area contributed by atoms with Gasteiger partial charge in [-0.25, -0.2) is 4.79 Å². The number of hydrogen-bond donors (Lipinski definition) is 0. The fourth-order valence-electron chi connectivity index (χ4n) is 3.00. The van der Waals surface area contributed by atoms with Crippen molar-refractivity contribution in [2.45, 2.75) is 26.5 Å². The summed E-state index contributed by atoms with van der Waals surface area (Å²) in [5, 5.41) is 0. The quantitative estimate of drug-likeness (QED) is 0.542. The van der Waals surface area contributed by atoms with E-state index in [1.165, 1.54) is 16.9 Å². The molecule has 0 N–H and O–H groups in total. The summed E-state index contributed by atoms with van der Waals surface area (Å²) in [5.74, 6) is 0.326. The van der Waals surface area contributed by atoms with E-state index in [9.17, 15) is 4.79 Å². The molecule has 2 aromatic carbocycles. The molecule has 140 valence electrons. The predicted molar refractivity (Wildman–Crippen MR) is 108 cm³/mol.